The monoisotopic (exact) mass is 331 g/mol. The fraction of sp³-hybridized carbons (Fsp3) is 0. The molecular weight excluding hydrogens is 314 g/mol. The lowest BCUT2D eigenvalue weighted by atomic mass is 10.0. The smallest absolute Gasteiger partial charge is 0.185 e. The Morgan fingerprint density at radius 2 is 1.40 bits per heavy atom. The SMILES string of the molecule is O=C(/C=C/c1ccccc1)c1ccc(-c2ccc([NH+]([O-])O)cc2)cc1. The molecule has 4 heteroatoms. The van der Waals surface area contributed by atoms with Gasteiger partial charge in [-0.1, -0.05) is 60.7 Å². The van der Waals surface area contributed by atoms with Gasteiger partial charge in [0.2, 0.25) is 0 Å². The third kappa shape index (κ3) is 4.28. The highest BCUT2D eigenvalue weighted by Crippen LogP contribution is 2.21. The predicted molar refractivity (Wildman–Crippen MR) is 97.5 cm³/mol. The number of nitrogens with one attached hydrogen (secondary N) is 1. The molecule has 0 heterocycles. The zero-order valence-corrected chi connectivity index (χ0v) is 13.4. The van der Waals surface area contributed by atoms with Crippen LogP contribution < -0.4 is 5.23 Å². The summed E-state index contributed by atoms with van der Waals surface area (Å²) in [7, 11) is 0. The van der Waals surface area contributed by atoms with E-state index >= 15 is 0 Å². The lowest BCUT2D eigenvalue weighted by molar-refractivity contribution is -0.991. The van der Waals surface area contributed by atoms with Gasteiger partial charge in [0, 0.05) is 17.7 Å². The summed E-state index contributed by atoms with van der Waals surface area (Å²) in [6, 6.07) is 23.6. The van der Waals surface area contributed by atoms with Crippen LogP contribution in [0.15, 0.2) is 84.9 Å². The molecule has 4 nitrogen and oxygen atoms in total. The summed E-state index contributed by atoms with van der Waals surface area (Å²) in [5.74, 6) is -0.0587. The van der Waals surface area contributed by atoms with Crippen molar-refractivity contribution in [2.75, 3.05) is 0 Å². The Bertz CT molecular complexity index is 867. The van der Waals surface area contributed by atoms with Crippen LogP contribution in [0.5, 0.6) is 0 Å². The maximum Gasteiger partial charge on any atom is 0.185 e. The van der Waals surface area contributed by atoms with Crippen molar-refractivity contribution < 1.29 is 15.2 Å². The first-order valence-corrected chi connectivity index (χ1v) is 7.85. The molecule has 0 bridgehead atoms. The molecule has 3 aromatic carbocycles. The maximum atomic E-state index is 12.2. The molecule has 3 rings (SSSR count). The van der Waals surface area contributed by atoms with Crippen molar-refractivity contribution in [3.05, 3.63) is 101 Å². The molecule has 0 aromatic heterocycles. The van der Waals surface area contributed by atoms with Crippen LogP contribution in [0.4, 0.5) is 5.69 Å². The van der Waals surface area contributed by atoms with Gasteiger partial charge >= 0.3 is 0 Å². The average molecular weight is 331 g/mol. The number of carbonyl (C=O) groups is 1. The Labute approximate surface area is 145 Å². The standard InChI is InChI=1S/C21H17NO3/c23-21(15-6-16-4-2-1-3-5-16)19-9-7-17(8-10-19)18-11-13-20(14-12-18)22(24)25/h1-15,22,24H/b15-6+. The Morgan fingerprint density at radius 3 is 1.96 bits per heavy atom. The van der Waals surface area contributed by atoms with Gasteiger partial charge in [-0.15, -0.1) is 0 Å². The molecule has 0 saturated carbocycles. The van der Waals surface area contributed by atoms with Crippen LogP contribution in [-0.4, -0.2) is 11.0 Å². The first kappa shape index (κ1) is 16.8. The number of rotatable bonds is 5. The number of quaternary nitrogens is 1. The van der Waals surface area contributed by atoms with Crippen molar-refractivity contribution in [3.8, 4) is 11.1 Å². The van der Waals surface area contributed by atoms with Gasteiger partial charge in [-0.25, -0.2) is 5.21 Å². The van der Waals surface area contributed by atoms with Crippen LogP contribution in [0, 0.1) is 5.21 Å². The summed E-state index contributed by atoms with van der Waals surface area (Å²) in [6.07, 6.45) is 3.35. The Kier molecular flexibility index (Phi) is 5.16. The van der Waals surface area contributed by atoms with E-state index in [9.17, 15) is 10.0 Å². The number of benzene rings is 3. The molecule has 0 spiro atoms. The summed E-state index contributed by atoms with van der Waals surface area (Å²) >= 11 is 0. The molecular formula is C21H17NO3. The fourth-order valence-corrected chi connectivity index (χ4v) is 2.46. The first-order valence-electron chi connectivity index (χ1n) is 7.85. The van der Waals surface area contributed by atoms with Crippen molar-refractivity contribution in [1.82, 2.24) is 0 Å². The second kappa shape index (κ2) is 7.68. The van der Waals surface area contributed by atoms with Crippen molar-refractivity contribution in [3.63, 3.8) is 0 Å². The average Bonchev–Trinajstić information content (AvgIpc) is 2.67. The van der Waals surface area contributed by atoms with Crippen molar-refractivity contribution in [1.29, 1.82) is 0 Å². The number of hydrogen-bond donors (Lipinski definition) is 2. The number of allylic oxidation sites excluding steroid dienone is 1. The summed E-state index contributed by atoms with van der Waals surface area (Å²) in [5.41, 5.74) is 3.68. The van der Waals surface area contributed by atoms with Crippen LogP contribution in [0.1, 0.15) is 15.9 Å². The third-order valence-corrected chi connectivity index (χ3v) is 3.86. The van der Waals surface area contributed by atoms with E-state index in [0.29, 0.717) is 5.56 Å². The number of hydrogen-bond acceptors (Lipinski definition) is 3. The van der Waals surface area contributed by atoms with E-state index in [0.717, 1.165) is 16.7 Å². The van der Waals surface area contributed by atoms with Crippen molar-refractivity contribution in [2.45, 2.75) is 0 Å². The van der Waals surface area contributed by atoms with Gasteiger partial charge in [0.15, 0.2) is 11.5 Å². The van der Waals surface area contributed by atoms with Crippen LogP contribution >= 0.6 is 0 Å². The molecule has 0 amide bonds. The van der Waals surface area contributed by atoms with Crippen LogP contribution in [0.3, 0.4) is 0 Å². The minimum absolute atomic E-state index is 0.0587. The van der Waals surface area contributed by atoms with Crippen LogP contribution in [0.25, 0.3) is 17.2 Å². The minimum Gasteiger partial charge on any atom is -0.595 e. The molecule has 0 aliphatic rings. The number of ketones is 1. The molecule has 0 fully saturated rings. The van der Waals surface area contributed by atoms with E-state index in [1.165, 1.54) is 0 Å². The van der Waals surface area contributed by atoms with Crippen molar-refractivity contribution in [2.24, 2.45) is 0 Å². The van der Waals surface area contributed by atoms with Crippen LogP contribution in [0.2, 0.25) is 0 Å². The molecule has 2 N–H and O–H groups in total. The van der Waals surface area contributed by atoms with E-state index in [1.54, 1.807) is 48.6 Å². The van der Waals surface area contributed by atoms with Crippen molar-refractivity contribution >= 4 is 17.5 Å². The van der Waals surface area contributed by atoms with Gasteiger partial charge in [0.05, 0.1) is 0 Å². The molecule has 1 atom stereocenters. The zero-order chi connectivity index (χ0) is 17.6. The highest BCUT2D eigenvalue weighted by atomic mass is 16.8. The third-order valence-electron chi connectivity index (χ3n) is 3.86. The van der Waals surface area contributed by atoms with E-state index in [4.69, 9.17) is 5.21 Å². The molecule has 0 saturated heterocycles. The summed E-state index contributed by atoms with van der Waals surface area (Å²) in [4.78, 5) is 12.2. The van der Waals surface area contributed by atoms with E-state index in [2.05, 4.69) is 0 Å². The molecule has 3 aromatic rings. The first-order chi connectivity index (χ1) is 12.1. The lowest BCUT2D eigenvalue weighted by Gasteiger charge is -2.11. The van der Waals surface area contributed by atoms with E-state index < -0.39 is 5.23 Å². The Balaban J connectivity index is 1.73. The zero-order valence-electron chi connectivity index (χ0n) is 13.4. The Morgan fingerprint density at radius 1 is 0.840 bits per heavy atom. The highest BCUT2D eigenvalue weighted by Gasteiger charge is 2.05. The maximum absolute atomic E-state index is 12.2. The topological polar surface area (TPSA) is 64.8 Å². The largest absolute Gasteiger partial charge is 0.595 e. The van der Waals surface area contributed by atoms with Gasteiger partial charge < -0.3 is 5.21 Å². The fourth-order valence-electron chi connectivity index (χ4n) is 2.46. The lowest BCUT2D eigenvalue weighted by Crippen LogP contribution is -2.99. The summed E-state index contributed by atoms with van der Waals surface area (Å²) < 4.78 is 0. The Hall–Kier alpha value is -3.05. The molecule has 0 radical (unpaired) electrons. The van der Waals surface area contributed by atoms with Gasteiger partial charge in [0.1, 0.15) is 0 Å². The van der Waals surface area contributed by atoms with Gasteiger partial charge in [-0.05, 0) is 34.9 Å². The predicted octanol–water partition coefficient (Wildman–Crippen LogP) is 3.65. The van der Waals surface area contributed by atoms with E-state index in [1.807, 2.05) is 42.5 Å². The quantitative estimate of drug-likeness (QED) is 0.426. The van der Waals surface area contributed by atoms with Gasteiger partial charge in [0.25, 0.3) is 0 Å². The normalized spacial score (nSPS) is 12.2. The van der Waals surface area contributed by atoms with Gasteiger partial charge in [-0.3, -0.25) is 4.79 Å². The molecule has 0 aliphatic heterocycles. The molecule has 25 heavy (non-hydrogen) atoms. The van der Waals surface area contributed by atoms with Crippen LogP contribution in [-0.2, 0) is 0 Å². The molecule has 1 unspecified atom stereocenters. The second-order valence-electron chi connectivity index (χ2n) is 5.57. The second-order valence-corrected chi connectivity index (χ2v) is 5.57. The highest BCUT2D eigenvalue weighted by molar-refractivity contribution is 6.07. The van der Waals surface area contributed by atoms with E-state index in [-0.39, 0.29) is 11.5 Å². The van der Waals surface area contributed by atoms with Gasteiger partial charge in [-0.2, -0.15) is 5.23 Å². The number of carbonyl (C=O) groups excluding carboxylic acids is 1. The minimum atomic E-state index is -0.947. The molecule has 124 valence electrons. The summed E-state index contributed by atoms with van der Waals surface area (Å²) in [5, 5.41) is 18.9. The molecule has 0 aliphatic carbocycles. The summed E-state index contributed by atoms with van der Waals surface area (Å²) in [6.45, 7) is 0.